The molecule has 0 aliphatic heterocycles. The predicted molar refractivity (Wildman–Crippen MR) is 102 cm³/mol. The van der Waals surface area contributed by atoms with Crippen LogP contribution in [0.3, 0.4) is 0 Å². The van der Waals surface area contributed by atoms with E-state index >= 15 is 0 Å². The van der Waals surface area contributed by atoms with E-state index < -0.39 is 5.82 Å². The number of benzene rings is 2. The van der Waals surface area contributed by atoms with Crippen molar-refractivity contribution in [1.82, 2.24) is 19.8 Å². The summed E-state index contributed by atoms with van der Waals surface area (Å²) in [6, 6.07) is 13.0. The molecule has 0 aliphatic carbocycles. The van der Waals surface area contributed by atoms with Gasteiger partial charge in [0.25, 0.3) is 5.91 Å². The van der Waals surface area contributed by atoms with Crippen molar-refractivity contribution >= 4 is 27.9 Å². The van der Waals surface area contributed by atoms with Gasteiger partial charge in [-0.3, -0.25) is 4.79 Å². The van der Waals surface area contributed by atoms with E-state index in [2.05, 4.69) is 27.5 Å². The number of aryl methyl sites for hydroxylation is 1. The Morgan fingerprint density at radius 1 is 1.19 bits per heavy atom. The molecule has 27 heavy (non-hydrogen) atoms. The summed E-state index contributed by atoms with van der Waals surface area (Å²) in [4.78, 5) is 13.1. The van der Waals surface area contributed by atoms with E-state index in [1.165, 1.54) is 29.5 Å². The van der Waals surface area contributed by atoms with Gasteiger partial charge in [-0.25, -0.2) is 4.39 Å². The van der Waals surface area contributed by atoms with Crippen molar-refractivity contribution in [3.05, 3.63) is 65.7 Å². The minimum atomic E-state index is -0.445. The number of amides is 1. The number of carbonyl (C=O) groups is 1. The number of fused-ring (bicyclic) bond motifs is 1. The molecule has 1 amide bonds. The van der Waals surface area contributed by atoms with E-state index in [4.69, 9.17) is 0 Å². The van der Waals surface area contributed by atoms with Gasteiger partial charge in [0.2, 0.25) is 4.96 Å². The monoisotopic (exact) mass is 381 g/mol. The lowest BCUT2D eigenvalue weighted by atomic mass is 10.2. The molecule has 0 atom stereocenters. The average Bonchev–Trinajstić information content (AvgIpc) is 3.24. The van der Waals surface area contributed by atoms with Gasteiger partial charge in [-0.1, -0.05) is 36.5 Å². The molecule has 0 radical (unpaired) electrons. The zero-order chi connectivity index (χ0) is 18.8. The lowest BCUT2D eigenvalue weighted by Gasteiger charge is -2.06. The minimum Gasteiger partial charge on any atom is -0.322 e. The van der Waals surface area contributed by atoms with Gasteiger partial charge in [0.1, 0.15) is 10.8 Å². The minimum absolute atomic E-state index is 0.267. The molecule has 0 aliphatic rings. The highest BCUT2D eigenvalue weighted by Gasteiger charge is 2.13. The molecule has 0 spiro atoms. The summed E-state index contributed by atoms with van der Waals surface area (Å²) < 4.78 is 15.1. The third kappa shape index (κ3) is 3.56. The van der Waals surface area contributed by atoms with Crippen molar-refractivity contribution < 1.29 is 9.18 Å². The second-order valence-electron chi connectivity index (χ2n) is 6.01. The first kappa shape index (κ1) is 17.3. The van der Waals surface area contributed by atoms with Crippen LogP contribution in [0.2, 0.25) is 0 Å². The number of anilines is 1. The first-order chi connectivity index (χ1) is 13.1. The van der Waals surface area contributed by atoms with Crippen LogP contribution < -0.4 is 5.32 Å². The molecule has 4 rings (SSSR count). The molecular formula is C19H16FN5OS. The molecule has 1 N–H and O–H groups in total. The van der Waals surface area contributed by atoms with Gasteiger partial charge in [-0.05, 0) is 36.8 Å². The lowest BCUT2D eigenvalue weighted by Crippen LogP contribution is -2.12. The van der Waals surface area contributed by atoms with Gasteiger partial charge in [0.05, 0.1) is 0 Å². The van der Waals surface area contributed by atoms with Gasteiger partial charge in [0.15, 0.2) is 5.82 Å². The van der Waals surface area contributed by atoms with Crippen molar-refractivity contribution in [2.75, 3.05) is 5.32 Å². The van der Waals surface area contributed by atoms with Gasteiger partial charge in [-0.15, -0.1) is 10.2 Å². The van der Waals surface area contributed by atoms with E-state index in [1.807, 2.05) is 18.2 Å². The van der Waals surface area contributed by atoms with Gasteiger partial charge in [-0.2, -0.15) is 9.61 Å². The maximum absolute atomic E-state index is 13.3. The molecule has 0 saturated carbocycles. The van der Waals surface area contributed by atoms with Crippen LogP contribution in [0.15, 0.2) is 48.5 Å². The normalized spacial score (nSPS) is 11.0. The highest BCUT2D eigenvalue weighted by atomic mass is 32.1. The number of nitrogens with one attached hydrogen (secondary N) is 1. The number of hydrogen-bond acceptors (Lipinski definition) is 5. The first-order valence-electron chi connectivity index (χ1n) is 8.52. The molecule has 0 saturated heterocycles. The zero-order valence-corrected chi connectivity index (χ0v) is 15.3. The fraction of sp³-hybridized carbons (Fsp3) is 0.158. The fourth-order valence-electron chi connectivity index (χ4n) is 2.72. The quantitative estimate of drug-likeness (QED) is 0.562. The molecule has 2 heterocycles. The van der Waals surface area contributed by atoms with Crippen molar-refractivity contribution in [1.29, 1.82) is 0 Å². The average molecular weight is 381 g/mol. The third-order valence-electron chi connectivity index (χ3n) is 3.98. The Bertz CT molecular complexity index is 1120. The van der Waals surface area contributed by atoms with Crippen molar-refractivity contribution in [2.24, 2.45) is 0 Å². The second-order valence-corrected chi connectivity index (χ2v) is 6.97. The van der Waals surface area contributed by atoms with Crippen LogP contribution in [-0.2, 0) is 6.42 Å². The number of halogens is 1. The summed E-state index contributed by atoms with van der Waals surface area (Å²) in [6.07, 6.45) is 1.78. The molecule has 6 nitrogen and oxygen atoms in total. The molecule has 136 valence electrons. The largest absolute Gasteiger partial charge is 0.322 e. The first-order valence-corrected chi connectivity index (χ1v) is 9.34. The van der Waals surface area contributed by atoms with Crippen molar-refractivity contribution in [2.45, 2.75) is 19.8 Å². The summed E-state index contributed by atoms with van der Waals surface area (Å²) in [5.41, 5.74) is 1.75. The maximum Gasteiger partial charge on any atom is 0.255 e. The second kappa shape index (κ2) is 7.24. The molecular weight excluding hydrogens is 365 g/mol. The van der Waals surface area contributed by atoms with Crippen LogP contribution in [-0.4, -0.2) is 25.7 Å². The highest BCUT2D eigenvalue weighted by molar-refractivity contribution is 7.19. The van der Waals surface area contributed by atoms with E-state index in [9.17, 15) is 9.18 Å². The van der Waals surface area contributed by atoms with Crippen LogP contribution in [0.4, 0.5) is 10.1 Å². The van der Waals surface area contributed by atoms with E-state index in [0.717, 1.165) is 34.2 Å². The number of nitrogens with zero attached hydrogens (tertiary/aromatic N) is 4. The van der Waals surface area contributed by atoms with Crippen LogP contribution in [0.25, 0.3) is 15.5 Å². The van der Waals surface area contributed by atoms with E-state index in [1.54, 1.807) is 16.6 Å². The SMILES string of the molecule is CCCc1nnc2sc(-c3cccc(NC(=O)c4cccc(F)c4)c3)nn12. The Balaban J connectivity index is 1.60. The van der Waals surface area contributed by atoms with E-state index in [-0.39, 0.29) is 11.5 Å². The van der Waals surface area contributed by atoms with Crippen LogP contribution in [0.5, 0.6) is 0 Å². The summed E-state index contributed by atoms with van der Waals surface area (Å²) in [5, 5.41) is 16.5. The standard InChI is InChI=1S/C19H16FN5OS/c1-2-5-16-22-23-19-25(16)24-18(27-19)13-7-4-9-15(11-13)21-17(26)12-6-3-8-14(20)10-12/h3-4,6-11H,2,5H2,1H3,(H,21,26). The molecule has 8 heteroatoms. The zero-order valence-electron chi connectivity index (χ0n) is 14.5. The van der Waals surface area contributed by atoms with Gasteiger partial charge >= 0.3 is 0 Å². The Hall–Kier alpha value is -3.13. The molecule has 0 unspecified atom stereocenters. The smallest absolute Gasteiger partial charge is 0.255 e. The van der Waals surface area contributed by atoms with Crippen molar-refractivity contribution in [3.8, 4) is 10.6 Å². The summed E-state index contributed by atoms with van der Waals surface area (Å²) in [6.45, 7) is 2.08. The topological polar surface area (TPSA) is 72.2 Å². The van der Waals surface area contributed by atoms with Crippen LogP contribution >= 0.6 is 11.3 Å². The predicted octanol–water partition coefficient (Wildman–Crippen LogP) is 4.20. The Labute approximate surface area is 158 Å². The number of carbonyl (C=O) groups excluding carboxylic acids is 1. The Morgan fingerprint density at radius 3 is 2.85 bits per heavy atom. The molecule has 0 bridgehead atoms. The van der Waals surface area contributed by atoms with Crippen LogP contribution in [0.1, 0.15) is 29.5 Å². The molecule has 0 fully saturated rings. The summed E-state index contributed by atoms with van der Waals surface area (Å²) in [7, 11) is 0. The summed E-state index contributed by atoms with van der Waals surface area (Å²) in [5.74, 6) is 0.0274. The Morgan fingerprint density at radius 2 is 2.04 bits per heavy atom. The maximum atomic E-state index is 13.3. The molecule has 4 aromatic rings. The number of rotatable bonds is 5. The third-order valence-corrected chi connectivity index (χ3v) is 4.93. The fourth-order valence-corrected chi connectivity index (χ4v) is 3.57. The van der Waals surface area contributed by atoms with Gasteiger partial charge in [0, 0.05) is 23.2 Å². The van der Waals surface area contributed by atoms with Crippen LogP contribution in [0, 0.1) is 5.82 Å². The number of hydrogen-bond donors (Lipinski definition) is 1. The van der Waals surface area contributed by atoms with Gasteiger partial charge < -0.3 is 5.32 Å². The molecule has 2 aromatic heterocycles. The van der Waals surface area contributed by atoms with E-state index in [0.29, 0.717) is 5.69 Å². The summed E-state index contributed by atoms with van der Waals surface area (Å²) >= 11 is 1.44. The lowest BCUT2D eigenvalue weighted by molar-refractivity contribution is 0.102. The Kier molecular flexibility index (Phi) is 4.64. The molecule has 2 aromatic carbocycles. The van der Waals surface area contributed by atoms with Crippen molar-refractivity contribution in [3.63, 3.8) is 0 Å². The number of aromatic nitrogens is 4. The highest BCUT2D eigenvalue weighted by Crippen LogP contribution is 2.27.